The lowest BCUT2D eigenvalue weighted by atomic mass is 10.2. The van der Waals surface area contributed by atoms with Crippen molar-refractivity contribution in [2.24, 2.45) is 0 Å². The first-order chi connectivity index (χ1) is 10.1. The number of aryl methyl sites for hydroxylation is 1. The van der Waals surface area contributed by atoms with Gasteiger partial charge in [-0.1, -0.05) is 18.2 Å². The Labute approximate surface area is 130 Å². The lowest BCUT2D eigenvalue weighted by Crippen LogP contribution is -2.37. The van der Waals surface area contributed by atoms with Gasteiger partial charge in [-0.2, -0.15) is 0 Å². The summed E-state index contributed by atoms with van der Waals surface area (Å²) in [6, 6.07) is 6.80. The van der Waals surface area contributed by atoms with Gasteiger partial charge in [-0.15, -0.1) is 0 Å². The molecule has 0 heterocycles. The molecule has 7 nitrogen and oxygen atoms in total. The number of anilines is 1. The molecule has 0 aliphatic heterocycles. The number of amides is 1. The van der Waals surface area contributed by atoms with Gasteiger partial charge >= 0.3 is 5.97 Å². The zero-order chi connectivity index (χ0) is 16.9. The molecule has 0 fully saturated rings. The van der Waals surface area contributed by atoms with Crippen molar-refractivity contribution in [2.45, 2.75) is 6.92 Å². The SMILES string of the molecule is Cc1ccccc1N(CC(=O)OCC(=O)N(C)C)S(C)(=O)=O. The molecular formula is C14H20N2O5S. The third-order valence-corrected chi connectivity index (χ3v) is 4.04. The molecule has 0 saturated heterocycles. The standard InChI is InChI=1S/C14H20N2O5S/c1-11-7-5-6-8-12(11)16(22(4,19)20)9-14(18)21-10-13(17)15(2)3/h5-8H,9-10H2,1-4H3. The Balaban J connectivity index is 2.87. The van der Waals surface area contributed by atoms with Crippen LogP contribution in [-0.4, -0.2) is 58.7 Å². The van der Waals surface area contributed by atoms with Gasteiger partial charge in [0.2, 0.25) is 10.0 Å². The number of hydrogen-bond donors (Lipinski definition) is 0. The molecule has 0 unspecified atom stereocenters. The number of ether oxygens (including phenoxy) is 1. The summed E-state index contributed by atoms with van der Waals surface area (Å²) in [5, 5.41) is 0. The summed E-state index contributed by atoms with van der Waals surface area (Å²) in [6.45, 7) is 0.843. The number of carbonyl (C=O) groups is 2. The molecular weight excluding hydrogens is 308 g/mol. The molecule has 0 bridgehead atoms. The number of sulfonamides is 1. The average molecular weight is 328 g/mol. The Bertz CT molecular complexity index is 655. The second-order valence-corrected chi connectivity index (χ2v) is 6.91. The highest BCUT2D eigenvalue weighted by molar-refractivity contribution is 7.92. The van der Waals surface area contributed by atoms with Crippen molar-refractivity contribution in [3.05, 3.63) is 29.8 Å². The molecule has 122 valence electrons. The summed E-state index contributed by atoms with van der Waals surface area (Å²) in [4.78, 5) is 24.5. The Morgan fingerprint density at radius 2 is 1.77 bits per heavy atom. The lowest BCUT2D eigenvalue weighted by Gasteiger charge is -2.23. The van der Waals surface area contributed by atoms with E-state index in [9.17, 15) is 18.0 Å². The van der Waals surface area contributed by atoms with Crippen LogP contribution in [0.5, 0.6) is 0 Å². The molecule has 0 N–H and O–H groups in total. The molecule has 1 aromatic rings. The topological polar surface area (TPSA) is 84.0 Å². The summed E-state index contributed by atoms with van der Waals surface area (Å²) in [7, 11) is -0.585. The minimum Gasteiger partial charge on any atom is -0.454 e. The van der Waals surface area contributed by atoms with Crippen molar-refractivity contribution < 1.29 is 22.7 Å². The van der Waals surface area contributed by atoms with Gasteiger partial charge in [0.25, 0.3) is 5.91 Å². The van der Waals surface area contributed by atoms with Gasteiger partial charge in [0.15, 0.2) is 6.61 Å². The first-order valence-electron chi connectivity index (χ1n) is 6.52. The van der Waals surface area contributed by atoms with E-state index in [2.05, 4.69) is 0 Å². The van der Waals surface area contributed by atoms with Crippen LogP contribution in [-0.2, 0) is 24.3 Å². The van der Waals surface area contributed by atoms with Gasteiger partial charge in [-0.05, 0) is 18.6 Å². The average Bonchev–Trinajstić information content (AvgIpc) is 2.41. The summed E-state index contributed by atoms with van der Waals surface area (Å²) in [6.07, 6.45) is 1.01. The second kappa shape index (κ2) is 7.26. The van der Waals surface area contributed by atoms with E-state index in [0.717, 1.165) is 10.6 Å². The van der Waals surface area contributed by atoms with Gasteiger partial charge in [0.05, 0.1) is 11.9 Å². The Morgan fingerprint density at radius 3 is 2.27 bits per heavy atom. The fourth-order valence-corrected chi connectivity index (χ4v) is 2.56. The molecule has 0 aliphatic carbocycles. The molecule has 0 aliphatic rings. The number of likely N-dealkylation sites (N-methyl/N-ethyl adjacent to an activating group) is 1. The van der Waals surface area contributed by atoms with Crippen LogP contribution in [0.4, 0.5) is 5.69 Å². The van der Waals surface area contributed by atoms with Crippen molar-refractivity contribution in [3.63, 3.8) is 0 Å². The minimum atomic E-state index is -3.65. The summed E-state index contributed by atoms with van der Waals surface area (Å²) in [5.74, 6) is -1.17. The van der Waals surface area contributed by atoms with Crippen LogP contribution in [0.2, 0.25) is 0 Å². The van der Waals surface area contributed by atoms with E-state index in [1.54, 1.807) is 31.2 Å². The van der Waals surface area contributed by atoms with E-state index in [1.807, 2.05) is 0 Å². The highest BCUT2D eigenvalue weighted by atomic mass is 32.2. The summed E-state index contributed by atoms with van der Waals surface area (Å²) < 4.78 is 29.6. The third-order valence-electron chi connectivity index (χ3n) is 2.91. The normalized spacial score (nSPS) is 10.9. The van der Waals surface area contributed by atoms with Gasteiger partial charge in [-0.3, -0.25) is 13.9 Å². The van der Waals surface area contributed by atoms with Crippen LogP contribution in [0.3, 0.4) is 0 Å². The predicted molar refractivity (Wildman–Crippen MR) is 83.0 cm³/mol. The number of carbonyl (C=O) groups excluding carboxylic acids is 2. The molecule has 1 aromatic carbocycles. The first kappa shape index (κ1) is 18.0. The van der Waals surface area contributed by atoms with Gasteiger partial charge in [0.1, 0.15) is 6.54 Å². The van der Waals surface area contributed by atoms with Gasteiger partial charge in [0, 0.05) is 14.1 Å². The van der Waals surface area contributed by atoms with Crippen LogP contribution in [0, 0.1) is 6.92 Å². The number of benzene rings is 1. The van der Waals surface area contributed by atoms with E-state index in [1.165, 1.54) is 19.0 Å². The van der Waals surface area contributed by atoms with Crippen LogP contribution < -0.4 is 4.31 Å². The molecule has 8 heteroatoms. The molecule has 0 aromatic heterocycles. The number of para-hydroxylation sites is 1. The minimum absolute atomic E-state index is 0.379. The van der Waals surface area contributed by atoms with Crippen LogP contribution in [0.25, 0.3) is 0 Å². The molecule has 0 radical (unpaired) electrons. The van der Waals surface area contributed by atoms with Crippen molar-refractivity contribution in [2.75, 3.05) is 37.8 Å². The highest BCUT2D eigenvalue weighted by Crippen LogP contribution is 2.21. The number of esters is 1. The molecule has 1 rings (SSSR count). The third kappa shape index (κ3) is 5.03. The van der Waals surface area contributed by atoms with Crippen molar-refractivity contribution >= 4 is 27.6 Å². The number of hydrogen-bond acceptors (Lipinski definition) is 5. The van der Waals surface area contributed by atoms with Crippen molar-refractivity contribution in [1.29, 1.82) is 0 Å². The Morgan fingerprint density at radius 1 is 1.18 bits per heavy atom. The quantitative estimate of drug-likeness (QED) is 0.706. The van der Waals surface area contributed by atoms with E-state index in [0.29, 0.717) is 11.3 Å². The fourth-order valence-electron chi connectivity index (χ4n) is 1.66. The summed E-state index contributed by atoms with van der Waals surface area (Å²) >= 11 is 0. The van der Waals surface area contributed by atoms with Crippen LogP contribution >= 0.6 is 0 Å². The largest absolute Gasteiger partial charge is 0.454 e. The molecule has 0 atom stereocenters. The maximum absolute atomic E-state index is 11.9. The highest BCUT2D eigenvalue weighted by Gasteiger charge is 2.23. The Hall–Kier alpha value is -2.09. The molecule has 22 heavy (non-hydrogen) atoms. The number of nitrogens with zero attached hydrogens (tertiary/aromatic N) is 2. The number of rotatable bonds is 6. The zero-order valence-electron chi connectivity index (χ0n) is 13.1. The van der Waals surface area contributed by atoms with Crippen LogP contribution in [0.15, 0.2) is 24.3 Å². The summed E-state index contributed by atoms with van der Waals surface area (Å²) in [5.41, 5.74) is 1.12. The van der Waals surface area contributed by atoms with E-state index < -0.39 is 29.1 Å². The van der Waals surface area contributed by atoms with Crippen molar-refractivity contribution in [1.82, 2.24) is 4.90 Å². The fraction of sp³-hybridized carbons (Fsp3) is 0.429. The second-order valence-electron chi connectivity index (χ2n) is 5.00. The van der Waals surface area contributed by atoms with E-state index in [-0.39, 0.29) is 5.91 Å². The van der Waals surface area contributed by atoms with E-state index in [4.69, 9.17) is 4.74 Å². The molecule has 0 spiro atoms. The van der Waals surface area contributed by atoms with Gasteiger partial charge in [-0.25, -0.2) is 8.42 Å². The zero-order valence-corrected chi connectivity index (χ0v) is 13.9. The maximum Gasteiger partial charge on any atom is 0.327 e. The van der Waals surface area contributed by atoms with E-state index >= 15 is 0 Å². The van der Waals surface area contributed by atoms with Gasteiger partial charge < -0.3 is 9.64 Å². The predicted octanol–water partition coefficient (Wildman–Crippen LogP) is 0.392. The molecule has 0 saturated carbocycles. The smallest absolute Gasteiger partial charge is 0.327 e. The Kier molecular flexibility index (Phi) is 5.92. The molecule has 1 amide bonds. The van der Waals surface area contributed by atoms with Crippen molar-refractivity contribution in [3.8, 4) is 0 Å². The first-order valence-corrected chi connectivity index (χ1v) is 8.37. The van der Waals surface area contributed by atoms with Crippen LogP contribution in [0.1, 0.15) is 5.56 Å². The monoisotopic (exact) mass is 328 g/mol. The maximum atomic E-state index is 11.9. The lowest BCUT2D eigenvalue weighted by molar-refractivity contribution is -0.149.